The summed E-state index contributed by atoms with van der Waals surface area (Å²) in [6.07, 6.45) is 4.64. The van der Waals surface area contributed by atoms with Crippen molar-refractivity contribution in [2.45, 2.75) is 51.5 Å². The molecule has 0 radical (unpaired) electrons. The van der Waals surface area contributed by atoms with Crippen LogP contribution in [0.3, 0.4) is 0 Å². The summed E-state index contributed by atoms with van der Waals surface area (Å²) in [5.74, 6) is 0.0795. The van der Waals surface area contributed by atoms with Gasteiger partial charge >= 0.3 is 5.69 Å². The first-order valence-corrected chi connectivity index (χ1v) is 7.91. The second-order valence-corrected chi connectivity index (χ2v) is 5.40. The number of aromatic nitrogens is 2. The van der Waals surface area contributed by atoms with Crippen LogP contribution in [0.5, 0.6) is 0 Å². The number of hydrogen-bond donors (Lipinski definition) is 2. The van der Waals surface area contributed by atoms with Gasteiger partial charge in [-0.05, 0) is 12.5 Å². The van der Waals surface area contributed by atoms with Crippen molar-refractivity contribution in [3.8, 4) is 0 Å². The molecule has 1 aliphatic rings. The van der Waals surface area contributed by atoms with Crippen molar-refractivity contribution in [1.29, 1.82) is 0 Å². The molecule has 2 heterocycles. The molecule has 0 saturated carbocycles. The van der Waals surface area contributed by atoms with Gasteiger partial charge in [0.2, 0.25) is 5.91 Å². The van der Waals surface area contributed by atoms with Gasteiger partial charge in [0, 0.05) is 14.0 Å². The van der Waals surface area contributed by atoms with Gasteiger partial charge in [-0.15, -0.1) is 0 Å². The zero-order valence-electron chi connectivity index (χ0n) is 13.2. The summed E-state index contributed by atoms with van der Waals surface area (Å²) in [7, 11) is 0. The third-order valence-electron chi connectivity index (χ3n) is 3.55. The molecule has 0 spiro atoms. The monoisotopic (exact) mass is 327 g/mol. The molecule has 1 aromatic heterocycles. The van der Waals surface area contributed by atoms with E-state index in [1.54, 1.807) is 6.07 Å². The highest BCUT2D eigenvalue weighted by Crippen LogP contribution is 2.19. The van der Waals surface area contributed by atoms with Gasteiger partial charge < -0.3 is 19.9 Å². The molecule has 0 unspecified atom stereocenters. The third kappa shape index (κ3) is 5.12. The maximum Gasteiger partial charge on any atom is 0.351 e. The maximum atomic E-state index is 12.0. The predicted octanol–water partition coefficient (Wildman–Crippen LogP) is 1.26. The molecule has 1 aromatic rings. The number of unbranched alkanes of at least 4 members (excludes halogenated alkanes) is 3. The molecule has 0 bridgehead atoms. The van der Waals surface area contributed by atoms with Crippen LogP contribution in [0.1, 0.15) is 46.7 Å². The summed E-state index contributed by atoms with van der Waals surface area (Å²) in [5.41, 5.74) is -0.541. The summed E-state index contributed by atoms with van der Waals surface area (Å²) in [6, 6.07) is 1.54. The van der Waals surface area contributed by atoms with E-state index in [9.17, 15) is 9.59 Å². The van der Waals surface area contributed by atoms with Crippen LogP contribution in [0.4, 0.5) is 5.82 Å². The minimum atomic E-state index is -0.727. The first kappa shape index (κ1) is 17.6. The Balaban J connectivity index is 0.00000288. The first-order chi connectivity index (χ1) is 11.1. The van der Waals surface area contributed by atoms with Crippen molar-refractivity contribution in [3.05, 3.63) is 22.7 Å². The number of hydrogen-bond acceptors (Lipinski definition) is 6. The Kier molecular flexibility index (Phi) is 6.69. The van der Waals surface area contributed by atoms with E-state index in [4.69, 9.17) is 14.6 Å². The predicted molar refractivity (Wildman–Crippen MR) is 84.9 cm³/mol. The summed E-state index contributed by atoms with van der Waals surface area (Å²) >= 11 is 0. The van der Waals surface area contributed by atoms with E-state index < -0.39 is 18.2 Å². The van der Waals surface area contributed by atoms with Crippen molar-refractivity contribution in [2.75, 3.05) is 18.5 Å². The number of aliphatic hydroxyl groups excluding tert-OH is 1. The van der Waals surface area contributed by atoms with Crippen LogP contribution < -0.4 is 11.0 Å². The van der Waals surface area contributed by atoms with Gasteiger partial charge in [-0.3, -0.25) is 9.36 Å². The molecule has 2 N–H and O–H groups in total. The molecule has 0 aromatic carbocycles. The van der Waals surface area contributed by atoms with Crippen molar-refractivity contribution in [1.82, 2.24) is 9.55 Å². The van der Waals surface area contributed by atoms with Crippen LogP contribution in [-0.2, 0) is 14.3 Å². The zero-order valence-corrected chi connectivity index (χ0v) is 13.2. The average Bonchev–Trinajstić information content (AvgIpc) is 3.00. The van der Waals surface area contributed by atoms with Gasteiger partial charge in [-0.1, -0.05) is 26.2 Å². The van der Waals surface area contributed by atoms with E-state index in [0.717, 1.165) is 25.7 Å². The van der Waals surface area contributed by atoms with Gasteiger partial charge in [0.1, 0.15) is 5.82 Å². The van der Waals surface area contributed by atoms with E-state index in [1.165, 1.54) is 10.8 Å². The average molecular weight is 327 g/mol. The van der Waals surface area contributed by atoms with E-state index in [1.807, 2.05) is 0 Å². The number of anilines is 1. The summed E-state index contributed by atoms with van der Waals surface area (Å²) in [6.45, 7) is 2.00. The number of aliphatic hydroxyl groups is 1. The third-order valence-corrected chi connectivity index (χ3v) is 3.55. The Morgan fingerprint density at radius 3 is 3.00 bits per heavy atom. The fourth-order valence-electron chi connectivity index (χ4n) is 2.30. The Hall–Kier alpha value is -1.77. The minimum Gasteiger partial charge on any atom is -0.391 e. The van der Waals surface area contributed by atoms with Crippen LogP contribution in [0.2, 0.25) is 0 Å². The van der Waals surface area contributed by atoms with E-state index in [2.05, 4.69) is 17.2 Å². The lowest BCUT2D eigenvalue weighted by atomic mass is 10.1. The van der Waals surface area contributed by atoms with Gasteiger partial charge in [-0.2, -0.15) is 4.98 Å². The first-order valence-electron chi connectivity index (χ1n) is 7.91. The van der Waals surface area contributed by atoms with Crippen molar-refractivity contribution < 1.29 is 20.8 Å². The number of rotatable bonds is 8. The minimum absolute atomic E-state index is 0. The SMILES string of the molecule is CCCCCCC(=O)Nc1ccn([C@@H]2CO[C@H](CO)O2)c(=O)n1.[HH]. The lowest BCUT2D eigenvalue weighted by Gasteiger charge is -2.12. The lowest BCUT2D eigenvalue weighted by Crippen LogP contribution is -2.29. The molecule has 1 fully saturated rings. The number of amides is 1. The highest BCUT2D eigenvalue weighted by Gasteiger charge is 2.27. The molecule has 1 aliphatic heterocycles. The fourth-order valence-corrected chi connectivity index (χ4v) is 2.30. The van der Waals surface area contributed by atoms with Gasteiger partial charge in [0.05, 0.1) is 13.2 Å². The van der Waals surface area contributed by atoms with E-state index in [-0.39, 0.29) is 26.4 Å². The van der Waals surface area contributed by atoms with E-state index >= 15 is 0 Å². The number of nitrogens with zero attached hydrogens (tertiary/aromatic N) is 2. The number of carbonyl (C=O) groups excluding carboxylic acids is 1. The molecule has 8 nitrogen and oxygen atoms in total. The molecule has 0 aliphatic carbocycles. The molecule has 2 atom stereocenters. The quantitative estimate of drug-likeness (QED) is 0.697. The van der Waals surface area contributed by atoms with Crippen molar-refractivity contribution in [3.63, 3.8) is 0 Å². The lowest BCUT2D eigenvalue weighted by molar-refractivity contribution is -0.116. The summed E-state index contributed by atoms with van der Waals surface area (Å²) in [5, 5.41) is 11.6. The molecular formula is C15H25N3O5. The number of nitrogens with one attached hydrogen (secondary N) is 1. The Bertz CT molecular complexity index is 580. The second-order valence-electron chi connectivity index (χ2n) is 5.40. The number of ether oxygens (including phenoxy) is 2. The Morgan fingerprint density at radius 2 is 2.35 bits per heavy atom. The molecule has 23 heavy (non-hydrogen) atoms. The molecular weight excluding hydrogens is 302 g/mol. The molecule has 1 saturated heterocycles. The van der Waals surface area contributed by atoms with E-state index in [0.29, 0.717) is 6.42 Å². The van der Waals surface area contributed by atoms with Crippen LogP contribution in [0.15, 0.2) is 17.1 Å². The molecule has 2 rings (SSSR count). The Morgan fingerprint density at radius 1 is 1.52 bits per heavy atom. The van der Waals surface area contributed by atoms with Crippen molar-refractivity contribution in [2.24, 2.45) is 0 Å². The van der Waals surface area contributed by atoms with Crippen LogP contribution in [0, 0.1) is 0 Å². The smallest absolute Gasteiger partial charge is 0.351 e. The van der Waals surface area contributed by atoms with Crippen LogP contribution in [-0.4, -0.2) is 40.1 Å². The largest absolute Gasteiger partial charge is 0.391 e. The number of carbonyl (C=O) groups is 1. The highest BCUT2D eigenvalue weighted by atomic mass is 16.7. The van der Waals surface area contributed by atoms with Gasteiger partial charge in [-0.25, -0.2) is 4.79 Å². The van der Waals surface area contributed by atoms with Gasteiger partial charge in [0.15, 0.2) is 12.5 Å². The highest BCUT2D eigenvalue weighted by molar-refractivity contribution is 5.89. The van der Waals surface area contributed by atoms with Crippen LogP contribution in [0.25, 0.3) is 0 Å². The molecule has 130 valence electrons. The zero-order chi connectivity index (χ0) is 16.7. The summed E-state index contributed by atoms with van der Waals surface area (Å²) < 4.78 is 11.8. The van der Waals surface area contributed by atoms with Crippen molar-refractivity contribution >= 4 is 11.7 Å². The maximum absolute atomic E-state index is 12.0. The summed E-state index contributed by atoms with van der Waals surface area (Å²) in [4.78, 5) is 27.6. The standard InChI is InChI=1S/C15H23N3O5.H2/c1-2-3-4-5-6-12(20)16-11-7-8-18(15(21)17-11)13-10-22-14(9-19)23-13;/h7-8,13-14,19H,2-6,9-10H2,1H3,(H,16,17,20,21);1H/t13-,14-;/m0./s1. The van der Waals surface area contributed by atoms with Gasteiger partial charge in [0.25, 0.3) is 0 Å². The molecule has 1 amide bonds. The topological polar surface area (TPSA) is 103 Å². The fraction of sp³-hybridized carbons (Fsp3) is 0.667. The van der Waals surface area contributed by atoms with Crippen LogP contribution >= 0.6 is 0 Å². The molecule has 8 heteroatoms. The second kappa shape index (κ2) is 8.76. The normalized spacial score (nSPS) is 20.6. The Labute approximate surface area is 135 Å².